The van der Waals surface area contributed by atoms with Crippen LogP contribution in [0.3, 0.4) is 0 Å². The van der Waals surface area contributed by atoms with Gasteiger partial charge in [-0.3, -0.25) is 0 Å². The Morgan fingerprint density at radius 3 is 2.81 bits per heavy atom. The van der Waals surface area contributed by atoms with Crippen LogP contribution in [0.5, 0.6) is 0 Å². The van der Waals surface area contributed by atoms with Crippen molar-refractivity contribution in [3.8, 4) is 0 Å². The van der Waals surface area contributed by atoms with Crippen LogP contribution in [0.15, 0.2) is 24.3 Å². The van der Waals surface area contributed by atoms with Crippen molar-refractivity contribution in [2.75, 3.05) is 26.8 Å². The van der Waals surface area contributed by atoms with E-state index in [4.69, 9.17) is 4.74 Å². The van der Waals surface area contributed by atoms with Gasteiger partial charge in [-0.05, 0) is 43.7 Å². The van der Waals surface area contributed by atoms with Gasteiger partial charge in [-0.15, -0.1) is 0 Å². The highest BCUT2D eigenvalue weighted by molar-refractivity contribution is 5.22. The Balaban J connectivity index is 1.86. The second-order valence-electron chi connectivity index (χ2n) is 6.64. The molecular formula is C19H31NO. The van der Waals surface area contributed by atoms with Crippen molar-refractivity contribution < 1.29 is 4.74 Å². The molecule has 2 rings (SSSR count). The van der Waals surface area contributed by atoms with E-state index in [2.05, 4.69) is 36.5 Å². The Morgan fingerprint density at radius 2 is 2.10 bits per heavy atom. The van der Waals surface area contributed by atoms with Gasteiger partial charge in [0.1, 0.15) is 0 Å². The number of methoxy groups -OCH3 is 1. The van der Waals surface area contributed by atoms with Crippen LogP contribution < -0.4 is 5.32 Å². The predicted octanol–water partition coefficient (Wildman–Crippen LogP) is 3.97. The highest BCUT2D eigenvalue weighted by Crippen LogP contribution is 2.31. The summed E-state index contributed by atoms with van der Waals surface area (Å²) in [5, 5.41) is 3.57. The van der Waals surface area contributed by atoms with Crippen LogP contribution in [-0.2, 0) is 11.2 Å². The van der Waals surface area contributed by atoms with Crippen LogP contribution in [0.4, 0.5) is 0 Å². The van der Waals surface area contributed by atoms with Crippen molar-refractivity contribution in [2.45, 2.75) is 45.4 Å². The molecule has 21 heavy (non-hydrogen) atoms. The topological polar surface area (TPSA) is 21.3 Å². The number of ether oxygens (including phenoxy) is 1. The zero-order valence-corrected chi connectivity index (χ0v) is 13.7. The first kappa shape index (κ1) is 16.5. The Bertz CT molecular complexity index is 398. The fourth-order valence-corrected chi connectivity index (χ4v) is 3.61. The zero-order chi connectivity index (χ0) is 14.9. The molecule has 2 nitrogen and oxygen atoms in total. The van der Waals surface area contributed by atoms with Crippen molar-refractivity contribution in [3.63, 3.8) is 0 Å². The number of nitrogens with one attached hydrogen (secondary N) is 1. The summed E-state index contributed by atoms with van der Waals surface area (Å²) < 4.78 is 5.13. The summed E-state index contributed by atoms with van der Waals surface area (Å²) in [6.07, 6.45) is 8.37. The molecule has 0 bridgehead atoms. The van der Waals surface area contributed by atoms with E-state index < -0.39 is 0 Å². The molecule has 0 radical (unpaired) electrons. The molecule has 1 fully saturated rings. The van der Waals surface area contributed by atoms with Crippen LogP contribution >= 0.6 is 0 Å². The minimum Gasteiger partial charge on any atom is -0.383 e. The van der Waals surface area contributed by atoms with Gasteiger partial charge in [-0.1, -0.05) is 55.5 Å². The van der Waals surface area contributed by atoms with Crippen LogP contribution in [0.1, 0.15) is 43.2 Å². The first-order valence-electron chi connectivity index (χ1n) is 8.53. The average molecular weight is 289 g/mol. The summed E-state index contributed by atoms with van der Waals surface area (Å²) in [5.41, 5.74) is 2.87. The number of benzene rings is 1. The third kappa shape index (κ3) is 6.19. The Hall–Kier alpha value is -0.860. The van der Waals surface area contributed by atoms with E-state index in [0.29, 0.717) is 0 Å². The van der Waals surface area contributed by atoms with Gasteiger partial charge in [0.15, 0.2) is 0 Å². The lowest BCUT2D eigenvalue weighted by Crippen LogP contribution is -2.28. The molecule has 0 aliphatic heterocycles. The van der Waals surface area contributed by atoms with Gasteiger partial charge in [0.25, 0.3) is 0 Å². The van der Waals surface area contributed by atoms with Crippen molar-refractivity contribution in [1.29, 1.82) is 0 Å². The standard InChI is InChI=1S/C19H31NO/c1-16-6-5-9-18(12-16)14-19(15-20-10-11-21-2)13-17-7-3-4-8-17/h5-6,9,12,17,19-20H,3-4,7-8,10-11,13-15H2,1-2H3. The monoisotopic (exact) mass is 289 g/mol. The summed E-state index contributed by atoms with van der Waals surface area (Å²) >= 11 is 0. The molecule has 2 heteroatoms. The molecule has 0 spiro atoms. The largest absolute Gasteiger partial charge is 0.383 e. The highest BCUT2D eigenvalue weighted by atomic mass is 16.5. The maximum Gasteiger partial charge on any atom is 0.0587 e. The maximum absolute atomic E-state index is 5.13. The molecule has 1 atom stereocenters. The molecule has 1 N–H and O–H groups in total. The highest BCUT2D eigenvalue weighted by Gasteiger charge is 2.20. The van der Waals surface area contributed by atoms with Gasteiger partial charge in [0.05, 0.1) is 6.61 Å². The first-order valence-corrected chi connectivity index (χ1v) is 8.53. The molecular weight excluding hydrogens is 258 g/mol. The zero-order valence-electron chi connectivity index (χ0n) is 13.7. The van der Waals surface area contributed by atoms with Gasteiger partial charge in [0, 0.05) is 13.7 Å². The third-order valence-corrected chi connectivity index (χ3v) is 4.66. The fourth-order valence-electron chi connectivity index (χ4n) is 3.61. The SMILES string of the molecule is COCCNCC(Cc1cccc(C)c1)CC1CCCC1. The third-order valence-electron chi connectivity index (χ3n) is 4.66. The van der Waals surface area contributed by atoms with E-state index in [-0.39, 0.29) is 0 Å². The molecule has 1 unspecified atom stereocenters. The van der Waals surface area contributed by atoms with E-state index in [1.54, 1.807) is 7.11 Å². The second-order valence-corrected chi connectivity index (χ2v) is 6.64. The van der Waals surface area contributed by atoms with Crippen molar-refractivity contribution in [3.05, 3.63) is 35.4 Å². The predicted molar refractivity (Wildman–Crippen MR) is 89.7 cm³/mol. The number of hydrogen-bond acceptors (Lipinski definition) is 2. The molecule has 0 amide bonds. The lowest BCUT2D eigenvalue weighted by molar-refractivity contribution is 0.196. The van der Waals surface area contributed by atoms with Gasteiger partial charge in [0.2, 0.25) is 0 Å². The summed E-state index contributed by atoms with van der Waals surface area (Å²) in [4.78, 5) is 0. The number of rotatable bonds is 9. The fraction of sp³-hybridized carbons (Fsp3) is 0.684. The summed E-state index contributed by atoms with van der Waals surface area (Å²) in [7, 11) is 1.77. The second kappa shape index (κ2) is 9.22. The first-order chi connectivity index (χ1) is 10.3. The quantitative estimate of drug-likeness (QED) is 0.695. The summed E-state index contributed by atoms with van der Waals surface area (Å²) in [5.74, 6) is 1.72. The number of aryl methyl sites for hydroxylation is 1. The molecule has 118 valence electrons. The minimum atomic E-state index is 0.756. The van der Waals surface area contributed by atoms with Crippen LogP contribution in [0.2, 0.25) is 0 Å². The Labute approximate surface area is 130 Å². The van der Waals surface area contributed by atoms with Crippen molar-refractivity contribution in [1.82, 2.24) is 5.32 Å². The van der Waals surface area contributed by atoms with Crippen LogP contribution in [0.25, 0.3) is 0 Å². The van der Waals surface area contributed by atoms with Crippen molar-refractivity contribution in [2.24, 2.45) is 11.8 Å². The molecule has 0 aromatic heterocycles. The molecule has 1 aliphatic rings. The van der Waals surface area contributed by atoms with Gasteiger partial charge < -0.3 is 10.1 Å². The summed E-state index contributed by atoms with van der Waals surface area (Å²) in [6.45, 7) is 5.08. The normalized spacial score (nSPS) is 17.2. The summed E-state index contributed by atoms with van der Waals surface area (Å²) in [6, 6.07) is 9.00. The molecule has 1 aromatic carbocycles. The molecule has 1 saturated carbocycles. The minimum absolute atomic E-state index is 0.756. The van der Waals surface area contributed by atoms with Gasteiger partial charge in [-0.2, -0.15) is 0 Å². The van der Waals surface area contributed by atoms with E-state index in [9.17, 15) is 0 Å². The van der Waals surface area contributed by atoms with Gasteiger partial charge in [-0.25, -0.2) is 0 Å². The Kier molecular flexibility index (Phi) is 7.25. The van der Waals surface area contributed by atoms with E-state index >= 15 is 0 Å². The van der Waals surface area contributed by atoms with Crippen molar-refractivity contribution >= 4 is 0 Å². The lowest BCUT2D eigenvalue weighted by atomic mass is 9.88. The molecule has 1 aliphatic carbocycles. The lowest BCUT2D eigenvalue weighted by Gasteiger charge is -2.21. The maximum atomic E-state index is 5.13. The Morgan fingerprint density at radius 1 is 1.29 bits per heavy atom. The van der Waals surface area contributed by atoms with E-state index in [0.717, 1.165) is 31.5 Å². The van der Waals surface area contributed by atoms with E-state index in [1.165, 1.54) is 49.7 Å². The molecule has 0 saturated heterocycles. The molecule has 1 aromatic rings. The average Bonchev–Trinajstić information content (AvgIpc) is 2.96. The van der Waals surface area contributed by atoms with Crippen LogP contribution in [0, 0.1) is 18.8 Å². The van der Waals surface area contributed by atoms with Crippen LogP contribution in [-0.4, -0.2) is 26.8 Å². The van der Waals surface area contributed by atoms with E-state index in [1.807, 2.05) is 0 Å². The number of hydrogen-bond donors (Lipinski definition) is 1. The molecule has 0 heterocycles. The smallest absolute Gasteiger partial charge is 0.0587 e. The van der Waals surface area contributed by atoms with Gasteiger partial charge >= 0.3 is 0 Å².